The van der Waals surface area contributed by atoms with Gasteiger partial charge in [-0.25, -0.2) is 0 Å². The average molecular weight is 377 g/mol. The van der Waals surface area contributed by atoms with Crippen molar-refractivity contribution in [1.82, 2.24) is 10.6 Å². The van der Waals surface area contributed by atoms with Crippen LogP contribution in [0.15, 0.2) is 29.3 Å². The van der Waals surface area contributed by atoms with Crippen LogP contribution in [0.5, 0.6) is 0 Å². The van der Waals surface area contributed by atoms with E-state index < -0.39 is 0 Å². The van der Waals surface area contributed by atoms with Crippen LogP contribution in [0.25, 0.3) is 0 Å². The summed E-state index contributed by atoms with van der Waals surface area (Å²) in [5.41, 5.74) is 1.87. The van der Waals surface area contributed by atoms with Crippen molar-refractivity contribution in [2.24, 2.45) is 16.3 Å². The van der Waals surface area contributed by atoms with Crippen LogP contribution in [0.2, 0.25) is 0 Å². The molecule has 1 atom stereocenters. The molecule has 150 valence electrons. The number of guanidine groups is 1. The topological polar surface area (TPSA) is 95.0 Å². The van der Waals surface area contributed by atoms with Gasteiger partial charge in [-0.1, -0.05) is 26.0 Å². The Bertz CT molecular complexity index is 623. The Morgan fingerprint density at radius 1 is 1.30 bits per heavy atom. The van der Waals surface area contributed by atoms with Gasteiger partial charge in [0.1, 0.15) is 0 Å². The number of aliphatic hydroxyl groups is 1. The first-order valence-electron chi connectivity index (χ1n) is 9.51. The summed E-state index contributed by atoms with van der Waals surface area (Å²) < 4.78 is 5.52. The maximum Gasteiger partial charge on any atom is 0.226 e. The fraction of sp³-hybridized carbons (Fsp3) is 0.600. The van der Waals surface area contributed by atoms with E-state index in [9.17, 15) is 9.90 Å². The highest BCUT2D eigenvalue weighted by Gasteiger charge is 2.34. The molecule has 2 rings (SSSR count). The number of hydrogen-bond donors (Lipinski definition) is 4. The number of anilines is 1. The monoisotopic (exact) mass is 376 g/mol. The van der Waals surface area contributed by atoms with E-state index in [1.165, 1.54) is 0 Å². The van der Waals surface area contributed by atoms with E-state index in [0.717, 1.165) is 36.7 Å². The summed E-state index contributed by atoms with van der Waals surface area (Å²) in [5.74, 6) is 0.690. The molecule has 1 amide bonds. The first kappa shape index (κ1) is 21.2. The van der Waals surface area contributed by atoms with Gasteiger partial charge in [0.25, 0.3) is 0 Å². The number of ether oxygens (including phenoxy) is 1. The first-order chi connectivity index (χ1) is 13.0. The molecule has 0 radical (unpaired) electrons. The molecule has 4 N–H and O–H groups in total. The van der Waals surface area contributed by atoms with Gasteiger partial charge < -0.3 is 25.8 Å². The van der Waals surface area contributed by atoms with Gasteiger partial charge in [-0.2, -0.15) is 0 Å². The van der Waals surface area contributed by atoms with Crippen molar-refractivity contribution in [3.8, 4) is 0 Å². The van der Waals surface area contributed by atoms with Gasteiger partial charge in [0.15, 0.2) is 5.96 Å². The molecule has 27 heavy (non-hydrogen) atoms. The molecule has 7 heteroatoms. The summed E-state index contributed by atoms with van der Waals surface area (Å²) in [7, 11) is 1.74. The fourth-order valence-corrected chi connectivity index (χ4v) is 2.98. The molecule has 1 aliphatic heterocycles. The molecule has 1 saturated heterocycles. The second-order valence-corrected chi connectivity index (χ2v) is 7.40. The minimum atomic E-state index is -0.0415. The van der Waals surface area contributed by atoms with Gasteiger partial charge in [0, 0.05) is 50.4 Å². The quantitative estimate of drug-likeness (QED) is 0.409. The second kappa shape index (κ2) is 10.3. The zero-order valence-corrected chi connectivity index (χ0v) is 16.5. The molecular weight excluding hydrogens is 344 g/mol. The van der Waals surface area contributed by atoms with Crippen LogP contribution in [0.1, 0.15) is 32.3 Å². The fourth-order valence-electron chi connectivity index (χ4n) is 2.98. The lowest BCUT2D eigenvalue weighted by Gasteiger charge is -2.27. The summed E-state index contributed by atoms with van der Waals surface area (Å²) in [4.78, 5) is 16.0. The van der Waals surface area contributed by atoms with E-state index in [4.69, 9.17) is 4.74 Å². The highest BCUT2D eigenvalue weighted by Crippen LogP contribution is 2.31. The molecule has 1 aliphatic rings. The molecule has 1 aromatic carbocycles. The molecule has 0 bridgehead atoms. The zero-order valence-electron chi connectivity index (χ0n) is 16.5. The number of benzene rings is 1. The van der Waals surface area contributed by atoms with Gasteiger partial charge in [0.05, 0.1) is 6.61 Å². The Balaban J connectivity index is 1.82. The van der Waals surface area contributed by atoms with Crippen LogP contribution in [0.4, 0.5) is 5.69 Å². The third-order valence-electron chi connectivity index (χ3n) is 4.89. The predicted octanol–water partition coefficient (Wildman–Crippen LogP) is 1.74. The van der Waals surface area contributed by atoms with Crippen LogP contribution < -0.4 is 16.0 Å². The van der Waals surface area contributed by atoms with Gasteiger partial charge in [-0.05, 0) is 30.5 Å². The van der Waals surface area contributed by atoms with E-state index in [2.05, 4.69) is 20.9 Å². The second-order valence-electron chi connectivity index (χ2n) is 7.40. The largest absolute Gasteiger partial charge is 0.396 e. The molecule has 7 nitrogen and oxygen atoms in total. The van der Waals surface area contributed by atoms with Crippen LogP contribution in [-0.4, -0.2) is 50.4 Å². The highest BCUT2D eigenvalue weighted by molar-refractivity contribution is 5.92. The van der Waals surface area contributed by atoms with Gasteiger partial charge in [-0.15, -0.1) is 0 Å². The van der Waals surface area contributed by atoms with Gasteiger partial charge in [-0.3, -0.25) is 9.79 Å². The molecule has 1 fully saturated rings. The summed E-state index contributed by atoms with van der Waals surface area (Å²) in [6, 6.07) is 7.77. The lowest BCUT2D eigenvalue weighted by Crippen LogP contribution is -2.44. The van der Waals surface area contributed by atoms with Gasteiger partial charge >= 0.3 is 0 Å². The zero-order chi connectivity index (χ0) is 19.7. The molecule has 0 aromatic heterocycles. The van der Waals surface area contributed by atoms with Crippen molar-refractivity contribution in [2.75, 3.05) is 38.7 Å². The van der Waals surface area contributed by atoms with Crippen LogP contribution in [-0.2, 0) is 16.1 Å². The average Bonchev–Trinajstić information content (AvgIpc) is 3.12. The summed E-state index contributed by atoms with van der Waals surface area (Å²) in [5, 5.41) is 18.8. The molecule has 1 aromatic rings. The lowest BCUT2D eigenvalue weighted by molar-refractivity contribution is -0.118. The minimum Gasteiger partial charge on any atom is -0.396 e. The third-order valence-corrected chi connectivity index (χ3v) is 4.89. The summed E-state index contributed by atoms with van der Waals surface area (Å²) in [6.45, 7) is 6.66. The van der Waals surface area contributed by atoms with Crippen molar-refractivity contribution >= 4 is 17.6 Å². The normalized spacial score (nSPS) is 20.0. The number of nitrogens with zero attached hydrogens (tertiary/aromatic N) is 1. The van der Waals surface area contributed by atoms with Crippen molar-refractivity contribution in [3.63, 3.8) is 0 Å². The predicted molar refractivity (Wildman–Crippen MR) is 108 cm³/mol. The molecule has 0 aliphatic carbocycles. The Labute approximate surface area is 161 Å². The van der Waals surface area contributed by atoms with Crippen molar-refractivity contribution in [3.05, 3.63) is 29.8 Å². The number of amides is 1. The third kappa shape index (κ3) is 6.52. The number of nitrogens with one attached hydrogen (secondary N) is 3. The van der Waals surface area contributed by atoms with E-state index in [0.29, 0.717) is 19.7 Å². The standard InChI is InChI=1S/C20H32N4O3/c1-15(2)18(26)24-17-6-4-16(5-7-17)12-22-19(21-3)23-13-20(8-10-25)9-11-27-14-20/h4-7,15,25H,8-14H2,1-3H3,(H,24,26)(H2,21,22,23). The Kier molecular flexibility index (Phi) is 8.06. The Morgan fingerprint density at radius 2 is 2.04 bits per heavy atom. The van der Waals surface area contributed by atoms with Crippen LogP contribution in [0, 0.1) is 11.3 Å². The number of aliphatic imine (C=N–C) groups is 1. The summed E-state index contributed by atoms with van der Waals surface area (Å²) in [6.07, 6.45) is 1.67. The lowest BCUT2D eigenvalue weighted by atomic mass is 9.84. The first-order valence-corrected chi connectivity index (χ1v) is 9.51. The van der Waals surface area contributed by atoms with Crippen molar-refractivity contribution in [1.29, 1.82) is 0 Å². The van der Waals surface area contributed by atoms with E-state index in [1.54, 1.807) is 7.05 Å². The van der Waals surface area contributed by atoms with Crippen LogP contribution >= 0.6 is 0 Å². The Morgan fingerprint density at radius 3 is 2.59 bits per heavy atom. The van der Waals surface area contributed by atoms with Crippen molar-refractivity contribution in [2.45, 2.75) is 33.2 Å². The number of carbonyl (C=O) groups excluding carboxylic acids is 1. The van der Waals surface area contributed by atoms with Gasteiger partial charge in [0.2, 0.25) is 5.91 Å². The molecule has 0 spiro atoms. The number of carbonyl (C=O) groups is 1. The minimum absolute atomic E-state index is 0.0122. The van der Waals surface area contributed by atoms with E-state index in [-0.39, 0.29) is 23.8 Å². The summed E-state index contributed by atoms with van der Waals surface area (Å²) >= 11 is 0. The maximum atomic E-state index is 11.7. The Hall–Kier alpha value is -2.12. The van der Waals surface area contributed by atoms with Crippen molar-refractivity contribution < 1.29 is 14.6 Å². The van der Waals surface area contributed by atoms with Crippen LogP contribution in [0.3, 0.4) is 0 Å². The molecular formula is C20H32N4O3. The smallest absolute Gasteiger partial charge is 0.226 e. The molecule has 0 saturated carbocycles. The molecule has 1 heterocycles. The van der Waals surface area contributed by atoms with E-state index >= 15 is 0 Å². The number of rotatable bonds is 8. The highest BCUT2D eigenvalue weighted by atomic mass is 16.5. The maximum absolute atomic E-state index is 11.7. The molecule has 1 unspecified atom stereocenters. The van der Waals surface area contributed by atoms with E-state index in [1.807, 2.05) is 38.1 Å². The number of aliphatic hydroxyl groups excluding tert-OH is 1. The number of hydrogen-bond acceptors (Lipinski definition) is 4. The SMILES string of the molecule is CN=C(NCc1ccc(NC(=O)C(C)C)cc1)NCC1(CCO)CCOC1.